The number of fused-ring (bicyclic) bond motifs is 2. The van der Waals surface area contributed by atoms with Crippen molar-refractivity contribution in [3.05, 3.63) is 12.2 Å². The van der Waals surface area contributed by atoms with Crippen molar-refractivity contribution in [1.82, 2.24) is 0 Å². The van der Waals surface area contributed by atoms with Gasteiger partial charge in [0, 0.05) is 16.9 Å². The smallest absolute Gasteiger partial charge is 0.334 e. The average molecular weight is 266 g/mol. The van der Waals surface area contributed by atoms with Crippen molar-refractivity contribution < 1.29 is 19.7 Å². The summed E-state index contributed by atoms with van der Waals surface area (Å²) in [6.45, 7) is 7.69. The fraction of sp³-hybridized carbons (Fsp3) is 0.800. The van der Waals surface area contributed by atoms with Gasteiger partial charge in [0.1, 0.15) is 6.10 Å². The number of esters is 1. The number of aliphatic hydroxyl groups is 2. The first-order chi connectivity index (χ1) is 8.75. The molecule has 1 aliphatic heterocycles. The van der Waals surface area contributed by atoms with Gasteiger partial charge in [-0.15, -0.1) is 0 Å². The molecule has 2 N–H and O–H groups in total. The predicted octanol–water partition coefficient (Wildman–Crippen LogP) is 1.41. The van der Waals surface area contributed by atoms with Gasteiger partial charge in [0.25, 0.3) is 0 Å². The Bertz CT molecular complexity index is 441. The second kappa shape index (κ2) is 3.83. The third-order valence-electron chi connectivity index (χ3n) is 5.78. The highest BCUT2D eigenvalue weighted by Crippen LogP contribution is 2.58. The van der Waals surface area contributed by atoms with E-state index in [1.54, 1.807) is 0 Å². The van der Waals surface area contributed by atoms with Crippen LogP contribution in [-0.2, 0) is 9.53 Å². The summed E-state index contributed by atoms with van der Waals surface area (Å²) in [5.41, 5.74) is -0.637. The Balaban J connectivity index is 1.97. The Morgan fingerprint density at radius 3 is 2.79 bits per heavy atom. The second-order valence-corrected chi connectivity index (χ2v) is 6.99. The Kier molecular flexibility index (Phi) is 2.64. The van der Waals surface area contributed by atoms with Gasteiger partial charge in [-0.3, -0.25) is 0 Å². The van der Waals surface area contributed by atoms with E-state index in [-0.39, 0.29) is 29.3 Å². The fourth-order valence-electron chi connectivity index (χ4n) is 4.51. The largest absolute Gasteiger partial charge is 0.458 e. The van der Waals surface area contributed by atoms with Crippen LogP contribution in [0.5, 0.6) is 0 Å². The molecule has 3 fully saturated rings. The van der Waals surface area contributed by atoms with Crippen LogP contribution < -0.4 is 0 Å². The van der Waals surface area contributed by atoms with Crippen molar-refractivity contribution in [1.29, 1.82) is 0 Å². The summed E-state index contributed by atoms with van der Waals surface area (Å²) in [5, 5.41) is 21.0. The minimum absolute atomic E-state index is 0.00218. The normalized spacial score (nSPS) is 53.5. The second-order valence-electron chi connectivity index (χ2n) is 6.99. The van der Waals surface area contributed by atoms with E-state index >= 15 is 0 Å². The highest BCUT2D eigenvalue weighted by atomic mass is 16.6. The summed E-state index contributed by atoms with van der Waals surface area (Å²) >= 11 is 0. The van der Waals surface area contributed by atoms with E-state index in [0.29, 0.717) is 31.3 Å². The molecule has 0 unspecified atom stereocenters. The SMILES string of the molecule is C=C1C(=O)O[C@@H]2C[C@]3(C)[C@@H](C[C@H]12)[C@](C)(O)CC[C@@H]3O. The van der Waals surface area contributed by atoms with Gasteiger partial charge in [0.05, 0.1) is 11.7 Å². The van der Waals surface area contributed by atoms with Crippen LogP contribution in [0.15, 0.2) is 12.2 Å². The lowest BCUT2D eigenvalue weighted by Gasteiger charge is -2.56. The maximum absolute atomic E-state index is 11.6. The lowest BCUT2D eigenvalue weighted by Crippen LogP contribution is -2.59. The molecule has 1 heterocycles. The van der Waals surface area contributed by atoms with E-state index < -0.39 is 11.7 Å². The summed E-state index contributed by atoms with van der Waals surface area (Å²) in [7, 11) is 0. The molecule has 3 rings (SSSR count). The third-order valence-corrected chi connectivity index (χ3v) is 5.78. The van der Waals surface area contributed by atoms with Gasteiger partial charge in [-0.2, -0.15) is 0 Å². The van der Waals surface area contributed by atoms with Gasteiger partial charge in [-0.05, 0) is 38.5 Å². The van der Waals surface area contributed by atoms with E-state index in [4.69, 9.17) is 4.74 Å². The summed E-state index contributed by atoms with van der Waals surface area (Å²) in [6.07, 6.45) is 1.88. The number of carbonyl (C=O) groups is 1. The molecule has 0 aromatic rings. The molecule has 4 nitrogen and oxygen atoms in total. The van der Waals surface area contributed by atoms with E-state index in [1.165, 1.54) is 0 Å². The predicted molar refractivity (Wildman–Crippen MR) is 69.2 cm³/mol. The molecule has 2 aliphatic carbocycles. The third kappa shape index (κ3) is 1.69. The van der Waals surface area contributed by atoms with Crippen molar-refractivity contribution in [2.75, 3.05) is 0 Å². The van der Waals surface area contributed by atoms with Gasteiger partial charge in [-0.1, -0.05) is 13.5 Å². The Labute approximate surface area is 113 Å². The van der Waals surface area contributed by atoms with Gasteiger partial charge < -0.3 is 14.9 Å². The van der Waals surface area contributed by atoms with Crippen molar-refractivity contribution in [3.63, 3.8) is 0 Å². The van der Waals surface area contributed by atoms with Crippen LogP contribution in [-0.4, -0.2) is 34.0 Å². The zero-order chi connectivity index (χ0) is 14.0. The molecule has 6 atom stereocenters. The molecule has 1 saturated heterocycles. The quantitative estimate of drug-likeness (QED) is 0.514. The molecule has 2 saturated carbocycles. The molecular weight excluding hydrogens is 244 g/mol. The number of hydrogen-bond acceptors (Lipinski definition) is 4. The average Bonchev–Trinajstić information content (AvgIpc) is 2.59. The summed E-state index contributed by atoms with van der Waals surface area (Å²) in [6, 6.07) is 0. The van der Waals surface area contributed by atoms with Crippen molar-refractivity contribution in [3.8, 4) is 0 Å². The molecule has 0 bridgehead atoms. The lowest BCUT2D eigenvalue weighted by atomic mass is 9.51. The Morgan fingerprint density at radius 2 is 2.11 bits per heavy atom. The van der Waals surface area contributed by atoms with Crippen LogP contribution in [0, 0.1) is 17.3 Å². The first-order valence-electron chi connectivity index (χ1n) is 7.06. The van der Waals surface area contributed by atoms with E-state index in [2.05, 4.69) is 6.58 Å². The zero-order valence-electron chi connectivity index (χ0n) is 11.6. The minimum atomic E-state index is -0.787. The van der Waals surface area contributed by atoms with Crippen molar-refractivity contribution in [2.45, 2.75) is 57.3 Å². The van der Waals surface area contributed by atoms with Crippen LogP contribution in [0.2, 0.25) is 0 Å². The van der Waals surface area contributed by atoms with Crippen LogP contribution >= 0.6 is 0 Å². The fourth-order valence-corrected chi connectivity index (χ4v) is 4.51. The maximum atomic E-state index is 11.6. The molecule has 19 heavy (non-hydrogen) atoms. The van der Waals surface area contributed by atoms with Crippen LogP contribution in [0.3, 0.4) is 0 Å². The lowest BCUT2D eigenvalue weighted by molar-refractivity contribution is -0.189. The molecule has 0 aromatic carbocycles. The van der Waals surface area contributed by atoms with E-state index in [9.17, 15) is 15.0 Å². The Hall–Kier alpha value is -0.870. The first-order valence-corrected chi connectivity index (χ1v) is 7.06. The maximum Gasteiger partial charge on any atom is 0.334 e. The Morgan fingerprint density at radius 1 is 1.42 bits per heavy atom. The molecule has 4 heteroatoms. The summed E-state index contributed by atoms with van der Waals surface area (Å²) < 4.78 is 5.38. The molecule has 0 radical (unpaired) electrons. The van der Waals surface area contributed by atoms with E-state index in [1.807, 2.05) is 13.8 Å². The van der Waals surface area contributed by atoms with E-state index in [0.717, 1.165) is 0 Å². The molecule has 0 aromatic heterocycles. The summed E-state index contributed by atoms with van der Waals surface area (Å²) in [5.74, 6) is -0.329. The minimum Gasteiger partial charge on any atom is -0.458 e. The van der Waals surface area contributed by atoms with Crippen LogP contribution in [0.25, 0.3) is 0 Å². The van der Waals surface area contributed by atoms with Gasteiger partial charge in [-0.25, -0.2) is 4.79 Å². The zero-order valence-corrected chi connectivity index (χ0v) is 11.6. The van der Waals surface area contributed by atoms with Crippen LogP contribution in [0.1, 0.15) is 39.5 Å². The number of hydrogen-bond donors (Lipinski definition) is 2. The van der Waals surface area contributed by atoms with Crippen molar-refractivity contribution >= 4 is 5.97 Å². The van der Waals surface area contributed by atoms with Gasteiger partial charge in [0.15, 0.2) is 0 Å². The monoisotopic (exact) mass is 266 g/mol. The molecular formula is C15H22O4. The molecule has 3 aliphatic rings. The van der Waals surface area contributed by atoms with Gasteiger partial charge >= 0.3 is 5.97 Å². The number of rotatable bonds is 0. The topological polar surface area (TPSA) is 66.8 Å². The number of ether oxygens (including phenoxy) is 1. The standard InChI is InChI=1S/C15H22O4/c1-8-9-6-11-14(2,7-10(9)19-13(8)17)12(16)4-5-15(11,3)18/h9-12,16,18H,1,4-7H2,2-3H3/t9-,10-,11-,12+,14-,15-/m1/s1. The van der Waals surface area contributed by atoms with Crippen molar-refractivity contribution in [2.24, 2.45) is 17.3 Å². The van der Waals surface area contributed by atoms with Gasteiger partial charge in [0.2, 0.25) is 0 Å². The number of aliphatic hydroxyl groups excluding tert-OH is 1. The highest BCUT2D eigenvalue weighted by Gasteiger charge is 2.60. The number of carbonyl (C=O) groups excluding carboxylic acids is 1. The highest BCUT2D eigenvalue weighted by molar-refractivity contribution is 5.90. The molecule has 0 amide bonds. The van der Waals surface area contributed by atoms with Crippen LogP contribution in [0.4, 0.5) is 0 Å². The first kappa shape index (κ1) is 13.1. The molecule has 0 spiro atoms. The molecule has 106 valence electrons. The summed E-state index contributed by atoms with van der Waals surface area (Å²) in [4.78, 5) is 11.6.